The van der Waals surface area contributed by atoms with Crippen molar-refractivity contribution in [2.24, 2.45) is 7.05 Å². The predicted molar refractivity (Wildman–Crippen MR) is 122 cm³/mol. The molecule has 0 aliphatic rings. The van der Waals surface area contributed by atoms with E-state index < -0.39 is 4.92 Å². The van der Waals surface area contributed by atoms with E-state index in [4.69, 9.17) is 11.6 Å². The Labute approximate surface area is 192 Å². The van der Waals surface area contributed by atoms with Crippen molar-refractivity contribution in [2.75, 3.05) is 16.4 Å². The monoisotopic (exact) mass is 474 g/mol. The standard InChI is InChI=1S/C20H19ClN6O4S/c1-12-7-8-13(9-16(12)27(30)31)22-19(29)11-32-20-25-24-17(26(20)2)10-18(28)23-15-6-4-3-5-14(15)21/h3-9H,10-11H2,1-2H3,(H,22,29)(H,23,28). The SMILES string of the molecule is Cc1ccc(NC(=O)CSc2nnc(CC(=O)Nc3ccccc3Cl)n2C)cc1[N+](=O)[O-]. The van der Waals surface area contributed by atoms with Gasteiger partial charge in [-0.15, -0.1) is 10.2 Å². The van der Waals surface area contributed by atoms with Crippen LogP contribution in [-0.2, 0) is 23.1 Å². The van der Waals surface area contributed by atoms with Gasteiger partial charge in [0.05, 0.1) is 27.8 Å². The molecule has 166 valence electrons. The number of aryl methyl sites for hydroxylation is 1. The lowest BCUT2D eigenvalue weighted by molar-refractivity contribution is -0.385. The molecule has 0 radical (unpaired) electrons. The van der Waals surface area contributed by atoms with Crippen LogP contribution in [0, 0.1) is 17.0 Å². The number of carbonyl (C=O) groups is 2. The Morgan fingerprint density at radius 2 is 1.91 bits per heavy atom. The van der Waals surface area contributed by atoms with Crippen molar-refractivity contribution < 1.29 is 14.5 Å². The number of anilines is 2. The molecule has 3 aromatic rings. The molecular formula is C20H19ClN6O4S. The molecule has 1 aromatic heterocycles. The maximum absolute atomic E-state index is 12.3. The van der Waals surface area contributed by atoms with Crippen LogP contribution in [-0.4, -0.2) is 37.3 Å². The maximum atomic E-state index is 12.3. The Hall–Kier alpha value is -3.44. The van der Waals surface area contributed by atoms with Gasteiger partial charge in [-0.3, -0.25) is 19.7 Å². The molecule has 0 aliphatic carbocycles. The second kappa shape index (κ2) is 10.2. The quantitative estimate of drug-likeness (QED) is 0.289. The summed E-state index contributed by atoms with van der Waals surface area (Å²) in [6, 6.07) is 11.4. The zero-order chi connectivity index (χ0) is 23.3. The predicted octanol–water partition coefficient (Wildman–Crippen LogP) is 3.60. The molecule has 1 heterocycles. The van der Waals surface area contributed by atoms with E-state index in [0.29, 0.717) is 32.9 Å². The van der Waals surface area contributed by atoms with E-state index in [1.165, 1.54) is 6.07 Å². The highest BCUT2D eigenvalue weighted by Gasteiger charge is 2.16. The van der Waals surface area contributed by atoms with Crippen LogP contribution in [0.25, 0.3) is 0 Å². The van der Waals surface area contributed by atoms with Gasteiger partial charge in [0.25, 0.3) is 5.69 Å². The van der Waals surface area contributed by atoms with Crippen molar-refractivity contribution in [1.82, 2.24) is 14.8 Å². The first-order valence-electron chi connectivity index (χ1n) is 9.35. The largest absolute Gasteiger partial charge is 0.325 e. The maximum Gasteiger partial charge on any atom is 0.274 e. The highest BCUT2D eigenvalue weighted by molar-refractivity contribution is 7.99. The van der Waals surface area contributed by atoms with E-state index in [-0.39, 0.29) is 29.7 Å². The zero-order valence-electron chi connectivity index (χ0n) is 17.2. The molecule has 2 aromatic carbocycles. The summed E-state index contributed by atoms with van der Waals surface area (Å²) >= 11 is 7.18. The fourth-order valence-electron chi connectivity index (χ4n) is 2.74. The van der Waals surface area contributed by atoms with E-state index in [1.807, 2.05) is 0 Å². The minimum atomic E-state index is -0.497. The van der Waals surface area contributed by atoms with Crippen molar-refractivity contribution in [2.45, 2.75) is 18.5 Å². The smallest absolute Gasteiger partial charge is 0.274 e. The first-order chi connectivity index (χ1) is 15.2. The van der Waals surface area contributed by atoms with E-state index in [0.717, 1.165) is 11.8 Å². The molecular weight excluding hydrogens is 456 g/mol. The average Bonchev–Trinajstić information content (AvgIpc) is 3.08. The normalized spacial score (nSPS) is 10.6. The first kappa shape index (κ1) is 23.2. The lowest BCUT2D eigenvalue weighted by atomic mass is 10.2. The molecule has 0 spiro atoms. The van der Waals surface area contributed by atoms with Crippen LogP contribution in [0.2, 0.25) is 5.02 Å². The minimum absolute atomic E-state index is 0.0134. The van der Waals surface area contributed by atoms with Crippen molar-refractivity contribution >= 4 is 52.2 Å². The number of para-hydroxylation sites is 1. The molecule has 12 heteroatoms. The summed E-state index contributed by atoms with van der Waals surface area (Å²) in [5.41, 5.74) is 1.28. The molecule has 0 fully saturated rings. The van der Waals surface area contributed by atoms with Crippen molar-refractivity contribution in [3.8, 4) is 0 Å². The zero-order valence-corrected chi connectivity index (χ0v) is 18.7. The third-order valence-corrected chi connectivity index (χ3v) is 5.76. The fourth-order valence-corrected chi connectivity index (χ4v) is 3.65. The van der Waals surface area contributed by atoms with Gasteiger partial charge in [0.15, 0.2) is 5.16 Å². The number of nitrogens with zero attached hydrogens (tertiary/aromatic N) is 4. The molecule has 0 unspecified atom stereocenters. The molecule has 2 N–H and O–H groups in total. The third-order valence-electron chi connectivity index (χ3n) is 4.41. The fraction of sp³-hybridized carbons (Fsp3) is 0.200. The number of halogens is 1. The number of hydrogen-bond donors (Lipinski definition) is 2. The Balaban J connectivity index is 1.56. The summed E-state index contributed by atoms with van der Waals surface area (Å²) in [5.74, 6) is -0.218. The Morgan fingerprint density at radius 3 is 2.62 bits per heavy atom. The number of thioether (sulfide) groups is 1. The van der Waals surface area contributed by atoms with Crippen LogP contribution in [0.15, 0.2) is 47.6 Å². The van der Waals surface area contributed by atoms with Gasteiger partial charge in [-0.1, -0.05) is 41.6 Å². The number of carbonyl (C=O) groups excluding carboxylic acids is 2. The van der Waals surface area contributed by atoms with Crippen LogP contribution in [0.1, 0.15) is 11.4 Å². The van der Waals surface area contributed by atoms with E-state index >= 15 is 0 Å². The number of amides is 2. The molecule has 3 rings (SSSR count). The Kier molecular flexibility index (Phi) is 7.44. The molecule has 0 atom stereocenters. The molecule has 0 saturated heterocycles. The highest BCUT2D eigenvalue weighted by atomic mass is 35.5. The van der Waals surface area contributed by atoms with Gasteiger partial charge in [-0.05, 0) is 25.1 Å². The van der Waals surface area contributed by atoms with E-state index in [1.54, 1.807) is 54.9 Å². The first-order valence-corrected chi connectivity index (χ1v) is 10.7. The van der Waals surface area contributed by atoms with Gasteiger partial charge in [0.1, 0.15) is 5.82 Å². The average molecular weight is 475 g/mol. The Bertz CT molecular complexity index is 1180. The molecule has 32 heavy (non-hydrogen) atoms. The number of rotatable bonds is 8. The number of benzene rings is 2. The number of nitro benzene ring substituents is 1. The van der Waals surface area contributed by atoms with Gasteiger partial charge >= 0.3 is 0 Å². The van der Waals surface area contributed by atoms with Crippen LogP contribution < -0.4 is 10.6 Å². The van der Waals surface area contributed by atoms with E-state index in [2.05, 4.69) is 20.8 Å². The summed E-state index contributed by atoms with van der Waals surface area (Å²) in [6.07, 6.45) is -0.0193. The lowest BCUT2D eigenvalue weighted by Crippen LogP contribution is -2.17. The van der Waals surface area contributed by atoms with Crippen molar-refractivity contribution in [1.29, 1.82) is 0 Å². The van der Waals surface area contributed by atoms with Gasteiger partial charge < -0.3 is 15.2 Å². The number of aromatic nitrogens is 3. The number of hydrogen-bond acceptors (Lipinski definition) is 7. The summed E-state index contributed by atoms with van der Waals surface area (Å²) in [6.45, 7) is 1.62. The minimum Gasteiger partial charge on any atom is -0.325 e. The van der Waals surface area contributed by atoms with Crippen molar-refractivity contribution in [3.63, 3.8) is 0 Å². The molecule has 0 bridgehead atoms. The van der Waals surface area contributed by atoms with Gasteiger partial charge in [-0.2, -0.15) is 0 Å². The Morgan fingerprint density at radius 1 is 1.16 bits per heavy atom. The molecule has 2 amide bonds. The second-order valence-corrected chi connectivity index (χ2v) is 8.11. The second-order valence-electron chi connectivity index (χ2n) is 6.76. The molecule has 0 saturated carbocycles. The molecule has 0 aliphatic heterocycles. The van der Waals surface area contributed by atoms with E-state index in [9.17, 15) is 19.7 Å². The highest BCUT2D eigenvalue weighted by Crippen LogP contribution is 2.23. The van der Waals surface area contributed by atoms with Crippen LogP contribution in [0.5, 0.6) is 0 Å². The summed E-state index contributed by atoms with van der Waals surface area (Å²) < 4.78 is 1.63. The van der Waals surface area contributed by atoms with Gasteiger partial charge in [-0.25, -0.2) is 0 Å². The lowest BCUT2D eigenvalue weighted by Gasteiger charge is -2.08. The van der Waals surface area contributed by atoms with Gasteiger partial charge in [0.2, 0.25) is 11.8 Å². The van der Waals surface area contributed by atoms with Gasteiger partial charge in [0, 0.05) is 24.4 Å². The topological polar surface area (TPSA) is 132 Å². The van der Waals surface area contributed by atoms with Crippen LogP contribution in [0.4, 0.5) is 17.1 Å². The van der Waals surface area contributed by atoms with Crippen molar-refractivity contribution in [3.05, 3.63) is 69.0 Å². The van der Waals surface area contributed by atoms with Crippen LogP contribution in [0.3, 0.4) is 0 Å². The van der Waals surface area contributed by atoms with Crippen LogP contribution >= 0.6 is 23.4 Å². The number of nitrogens with one attached hydrogen (secondary N) is 2. The number of nitro groups is 1. The summed E-state index contributed by atoms with van der Waals surface area (Å²) in [7, 11) is 1.70. The summed E-state index contributed by atoms with van der Waals surface area (Å²) in [5, 5.41) is 25.3. The molecule has 10 nitrogen and oxygen atoms in total. The summed E-state index contributed by atoms with van der Waals surface area (Å²) in [4.78, 5) is 35.1. The third kappa shape index (κ3) is 5.83.